The van der Waals surface area contributed by atoms with E-state index in [4.69, 9.17) is 14.6 Å². The third kappa shape index (κ3) is 9.44. The second kappa shape index (κ2) is 19.2. The van der Waals surface area contributed by atoms with E-state index in [1.54, 1.807) is 44.3 Å². The Labute approximate surface area is 398 Å². The molecule has 4 amide bonds. The molecule has 0 unspecified atom stereocenters. The van der Waals surface area contributed by atoms with E-state index in [2.05, 4.69) is 59.6 Å². The topological polar surface area (TPSA) is 201 Å². The van der Waals surface area contributed by atoms with Crippen molar-refractivity contribution in [2.75, 3.05) is 40.4 Å². The van der Waals surface area contributed by atoms with Gasteiger partial charge in [0, 0.05) is 81.3 Å². The Morgan fingerprint density at radius 2 is 1.84 bits per heavy atom. The van der Waals surface area contributed by atoms with E-state index in [-0.39, 0.29) is 55.2 Å². The second-order valence-electron chi connectivity index (χ2n) is 20.4. The first-order chi connectivity index (χ1) is 32.3. The third-order valence-corrected chi connectivity index (χ3v) is 14.3. The molecular formula is C51H68N9O8+. The number of nitrogens with one attached hydrogen (secondary N) is 3. The van der Waals surface area contributed by atoms with Gasteiger partial charge in [-0.25, -0.2) is 4.84 Å². The van der Waals surface area contributed by atoms with Crippen LogP contribution < -0.4 is 16.1 Å². The van der Waals surface area contributed by atoms with Gasteiger partial charge in [0.1, 0.15) is 23.4 Å². The van der Waals surface area contributed by atoms with Crippen LogP contribution in [-0.4, -0.2) is 128 Å². The molecule has 0 spiro atoms. The fourth-order valence-electron chi connectivity index (χ4n) is 10.6. The monoisotopic (exact) mass is 935 g/mol. The van der Waals surface area contributed by atoms with Crippen molar-refractivity contribution in [2.24, 2.45) is 11.3 Å². The number of hydrogen-bond acceptors (Lipinski definition) is 11. The number of carbonyl (C=O) groups is 4. The summed E-state index contributed by atoms with van der Waals surface area (Å²) in [5, 5.41) is 19.8. The number of aryl methyl sites for hydroxylation is 1. The molecule has 364 valence electrons. The molecule has 4 N–H and O–H groups in total. The first-order valence-electron chi connectivity index (χ1n) is 24.1. The third-order valence-electron chi connectivity index (χ3n) is 14.3. The molecule has 3 saturated heterocycles. The molecule has 17 heteroatoms. The SMILES string of the molecule is CCn1c(-c2cccnc2[C@H](C)OC)c2c3cc(ccc31)-c1cc(O)cc(c1)C[C@H](NC(=O)[C@H](C(C)C)N(C)C(=O)[C@@]1(C)CCCN1C(=O)[C@@H]1CN1)C(=O)N1CCC[C@H](N1)[N+](=O)OCC(C)(C)C2. The van der Waals surface area contributed by atoms with E-state index in [9.17, 15) is 29.2 Å². The number of nitrogens with zero attached hydrogens (tertiary/aromatic N) is 6. The molecule has 3 fully saturated rings. The lowest BCUT2D eigenvalue weighted by Gasteiger charge is -2.40. The molecule has 4 aliphatic rings. The normalized spacial score (nSPS) is 23.8. The highest BCUT2D eigenvalue weighted by Crippen LogP contribution is 2.42. The number of hydrazine groups is 1. The Kier molecular flexibility index (Phi) is 13.7. The molecule has 68 heavy (non-hydrogen) atoms. The van der Waals surface area contributed by atoms with Gasteiger partial charge in [-0.15, -0.1) is 0 Å². The molecule has 2 aromatic heterocycles. The molecular weight excluding hydrogens is 867 g/mol. The van der Waals surface area contributed by atoms with Crippen molar-refractivity contribution >= 4 is 34.5 Å². The van der Waals surface area contributed by atoms with Crippen LogP contribution in [0.3, 0.4) is 0 Å². The molecule has 6 bridgehead atoms. The average Bonchev–Trinajstić information content (AvgIpc) is 4.03. The summed E-state index contributed by atoms with van der Waals surface area (Å²) in [4.78, 5) is 85.6. The van der Waals surface area contributed by atoms with Crippen LogP contribution in [0.15, 0.2) is 54.7 Å². The van der Waals surface area contributed by atoms with Gasteiger partial charge < -0.3 is 34.8 Å². The van der Waals surface area contributed by atoms with Crippen molar-refractivity contribution in [2.45, 2.75) is 129 Å². The van der Waals surface area contributed by atoms with E-state index < -0.39 is 41.0 Å². The number of aromatic nitrogens is 2. The number of amides is 4. The second-order valence-corrected chi connectivity index (χ2v) is 20.4. The zero-order valence-electron chi connectivity index (χ0n) is 40.9. The van der Waals surface area contributed by atoms with Crippen molar-refractivity contribution in [1.82, 2.24) is 40.4 Å². The number of likely N-dealkylation sites (N-methyl/N-ethyl adjacent to an activating group) is 1. The summed E-state index contributed by atoms with van der Waals surface area (Å²) in [7, 11) is 3.25. The number of likely N-dealkylation sites (tertiary alicyclic amines) is 1. The highest BCUT2D eigenvalue weighted by Gasteiger charge is 2.52. The molecule has 8 rings (SSSR count). The van der Waals surface area contributed by atoms with Crippen LogP contribution in [0.5, 0.6) is 5.75 Å². The largest absolute Gasteiger partial charge is 0.508 e. The summed E-state index contributed by atoms with van der Waals surface area (Å²) in [6, 6.07) is 12.9. The molecule has 2 aromatic carbocycles. The zero-order valence-corrected chi connectivity index (χ0v) is 40.9. The Morgan fingerprint density at radius 3 is 2.54 bits per heavy atom. The molecule has 0 radical (unpaired) electrons. The molecule has 0 aliphatic carbocycles. The molecule has 6 heterocycles. The van der Waals surface area contributed by atoms with Crippen molar-refractivity contribution in [1.29, 1.82) is 0 Å². The Balaban J connectivity index is 1.20. The minimum absolute atomic E-state index is 0.0164. The van der Waals surface area contributed by atoms with E-state index in [0.717, 1.165) is 39.0 Å². The minimum Gasteiger partial charge on any atom is -0.508 e. The Morgan fingerprint density at radius 1 is 1.07 bits per heavy atom. The van der Waals surface area contributed by atoms with Crippen LogP contribution in [0.4, 0.5) is 0 Å². The summed E-state index contributed by atoms with van der Waals surface area (Å²) in [6.07, 6.45) is 3.08. The number of ether oxygens (including phenoxy) is 1. The lowest BCUT2D eigenvalue weighted by Crippen LogP contribution is -2.64. The summed E-state index contributed by atoms with van der Waals surface area (Å²) in [6.45, 7) is 15.7. The van der Waals surface area contributed by atoms with Crippen LogP contribution in [0.25, 0.3) is 33.3 Å². The number of benzene rings is 2. The Bertz CT molecular complexity index is 2610. The van der Waals surface area contributed by atoms with E-state index in [0.29, 0.717) is 67.8 Å². The van der Waals surface area contributed by atoms with Gasteiger partial charge in [0.2, 0.25) is 22.6 Å². The van der Waals surface area contributed by atoms with Crippen molar-refractivity contribution in [3.63, 3.8) is 0 Å². The summed E-state index contributed by atoms with van der Waals surface area (Å²) < 4.78 is 8.10. The van der Waals surface area contributed by atoms with Gasteiger partial charge in [-0.2, -0.15) is 5.43 Å². The van der Waals surface area contributed by atoms with E-state index in [1.807, 2.05) is 39.0 Å². The lowest BCUT2D eigenvalue weighted by molar-refractivity contribution is -0.835. The molecule has 4 aromatic rings. The predicted molar refractivity (Wildman–Crippen MR) is 256 cm³/mol. The fraction of sp³-hybridized carbons (Fsp3) is 0.549. The van der Waals surface area contributed by atoms with Gasteiger partial charge >= 0.3 is 6.17 Å². The number of aromatic hydroxyl groups is 1. The van der Waals surface area contributed by atoms with Crippen LogP contribution >= 0.6 is 0 Å². The van der Waals surface area contributed by atoms with Crippen molar-refractivity contribution in [3.05, 3.63) is 76.5 Å². The van der Waals surface area contributed by atoms with Gasteiger partial charge in [0.05, 0.1) is 28.4 Å². The minimum atomic E-state index is -1.19. The van der Waals surface area contributed by atoms with Gasteiger partial charge in [0.15, 0.2) is 6.61 Å². The first kappa shape index (κ1) is 48.5. The van der Waals surface area contributed by atoms with Crippen molar-refractivity contribution < 1.29 is 38.8 Å². The number of fused-ring (bicyclic) bond motifs is 6. The maximum Gasteiger partial charge on any atom is 0.326 e. The van der Waals surface area contributed by atoms with Crippen LogP contribution in [0.2, 0.25) is 0 Å². The maximum atomic E-state index is 14.8. The van der Waals surface area contributed by atoms with E-state index in [1.165, 1.54) is 9.91 Å². The molecule has 0 saturated carbocycles. The quantitative estimate of drug-likeness (QED) is 0.148. The smallest absolute Gasteiger partial charge is 0.326 e. The summed E-state index contributed by atoms with van der Waals surface area (Å²) >= 11 is 0. The molecule has 4 aliphatic heterocycles. The number of hydrogen-bond donors (Lipinski definition) is 4. The van der Waals surface area contributed by atoms with Crippen LogP contribution in [-0.2, 0) is 48.1 Å². The predicted octanol–water partition coefficient (Wildman–Crippen LogP) is 5.41. The fourth-order valence-corrected chi connectivity index (χ4v) is 10.6. The Hall–Kier alpha value is -5.91. The van der Waals surface area contributed by atoms with Gasteiger partial charge in [0.25, 0.3) is 5.91 Å². The number of phenolic OH excluding ortho intramolecular Hbond substituents is 1. The van der Waals surface area contributed by atoms with Crippen molar-refractivity contribution in [3.8, 4) is 28.1 Å². The summed E-state index contributed by atoms with van der Waals surface area (Å²) in [5.74, 6) is -1.91. The summed E-state index contributed by atoms with van der Waals surface area (Å²) in [5.41, 5.74) is 8.29. The number of methoxy groups -OCH3 is 1. The number of rotatable bonds is 10. The number of phenols is 1. The van der Waals surface area contributed by atoms with E-state index >= 15 is 0 Å². The maximum absolute atomic E-state index is 14.8. The van der Waals surface area contributed by atoms with Gasteiger partial charge in [-0.3, -0.25) is 29.2 Å². The standard InChI is InChI=1S/C51H67N9O8/c1-10-57-41-17-16-33-26-37(41)38(45(57)36-14-11-19-52-43(36)31(4)67-9)27-50(5,6)29-68-60(66)42-15-12-21-59(55-42)48(64)39(24-32-22-34(33)25-35(61)23-32)54-46(62)44(30(2)3)56(8)49(65)51(7)18-13-20-58(51)47(63)40-28-53-40/h11,14,16-17,19,22-23,25-26,30-31,39-40,42,44,53,55H,10,12-13,15,18,20-21,24,27-29H2,1-9H3,(H-,54,61,62)/p+1/t31-,39-,40-,42+,44-,51+/m0/s1. The zero-order chi connectivity index (χ0) is 48.8. The number of pyridine rings is 1. The molecule has 17 nitrogen and oxygen atoms in total. The van der Waals surface area contributed by atoms with Gasteiger partial charge in [-0.05, 0) is 111 Å². The highest BCUT2D eigenvalue weighted by molar-refractivity contribution is 5.98. The molecule has 6 atom stereocenters. The average molecular weight is 935 g/mol. The highest BCUT2D eigenvalue weighted by atomic mass is 16.8. The van der Waals surface area contributed by atoms with Crippen LogP contribution in [0.1, 0.15) is 97.1 Å². The van der Waals surface area contributed by atoms with Crippen LogP contribution in [0, 0.1) is 16.2 Å². The van der Waals surface area contributed by atoms with Gasteiger partial charge in [-0.1, -0.05) is 39.8 Å². The number of carbonyl (C=O) groups excluding carboxylic acids is 4. The lowest BCUT2D eigenvalue weighted by atomic mass is 9.84. The first-order valence-corrected chi connectivity index (χ1v) is 24.1.